The van der Waals surface area contributed by atoms with Gasteiger partial charge in [-0.2, -0.15) is 0 Å². The van der Waals surface area contributed by atoms with Crippen molar-refractivity contribution in [3.8, 4) is 11.5 Å². The molecule has 1 N–H and O–H groups in total. The molecule has 1 heterocycles. The maximum absolute atomic E-state index is 12.1. The van der Waals surface area contributed by atoms with Crippen LogP contribution in [-0.2, 0) is 11.2 Å². The van der Waals surface area contributed by atoms with Crippen molar-refractivity contribution in [3.05, 3.63) is 23.3 Å². The number of carbonyl (C=O) groups is 1. The van der Waals surface area contributed by atoms with Gasteiger partial charge in [0.25, 0.3) is 0 Å². The number of rotatable bonds is 2. The molecule has 120 valence electrons. The Bertz CT molecular complexity index is 568. The Labute approximate surface area is 132 Å². The quantitative estimate of drug-likeness (QED) is 0.912. The SMILES string of the molecule is CCNC.COc1ccc2c3c1OC1C(=O)CCC(CC2)C31. The number of aryl methyl sites for hydroxylation is 1. The van der Waals surface area contributed by atoms with Crippen LogP contribution in [0.25, 0.3) is 0 Å². The first-order valence-corrected chi connectivity index (χ1v) is 8.25. The Morgan fingerprint density at radius 2 is 2.05 bits per heavy atom. The van der Waals surface area contributed by atoms with Crippen LogP contribution < -0.4 is 14.8 Å². The van der Waals surface area contributed by atoms with Crippen LogP contribution in [0.3, 0.4) is 0 Å². The molecule has 1 aromatic rings. The van der Waals surface area contributed by atoms with E-state index in [0.717, 1.165) is 30.9 Å². The Morgan fingerprint density at radius 3 is 2.73 bits per heavy atom. The van der Waals surface area contributed by atoms with Crippen LogP contribution >= 0.6 is 0 Å². The highest BCUT2D eigenvalue weighted by Crippen LogP contribution is 2.55. The maximum atomic E-state index is 12.1. The number of ether oxygens (including phenoxy) is 2. The minimum Gasteiger partial charge on any atom is -0.493 e. The van der Waals surface area contributed by atoms with Gasteiger partial charge in [-0.05, 0) is 50.4 Å². The summed E-state index contributed by atoms with van der Waals surface area (Å²) in [5, 5.41) is 2.93. The number of ketones is 1. The lowest BCUT2D eigenvalue weighted by molar-refractivity contribution is -0.129. The van der Waals surface area contributed by atoms with E-state index in [-0.39, 0.29) is 11.9 Å². The fraction of sp³-hybridized carbons (Fsp3) is 0.611. The van der Waals surface area contributed by atoms with Crippen molar-refractivity contribution in [1.29, 1.82) is 0 Å². The molecule has 4 nitrogen and oxygen atoms in total. The maximum Gasteiger partial charge on any atom is 0.173 e. The summed E-state index contributed by atoms with van der Waals surface area (Å²) < 4.78 is 11.3. The normalized spacial score (nSPS) is 27.4. The fourth-order valence-corrected chi connectivity index (χ4v) is 3.90. The molecule has 0 bridgehead atoms. The standard InChI is InChI=1S/C15H16O3.C3H9N/c1-17-11-7-5-9-3-2-8-4-6-10(16)14-12(8)13(9)15(11)18-14;1-3-4-2/h5,7-8,12,14H,2-4,6H2,1H3;4H,3H2,1-2H3. The Morgan fingerprint density at radius 1 is 1.32 bits per heavy atom. The van der Waals surface area contributed by atoms with Crippen molar-refractivity contribution < 1.29 is 14.3 Å². The van der Waals surface area contributed by atoms with Gasteiger partial charge in [-0.25, -0.2) is 0 Å². The van der Waals surface area contributed by atoms with Gasteiger partial charge in [-0.3, -0.25) is 4.79 Å². The lowest BCUT2D eigenvalue weighted by Gasteiger charge is -2.35. The molecule has 3 aliphatic rings. The second kappa shape index (κ2) is 6.29. The summed E-state index contributed by atoms with van der Waals surface area (Å²) in [4.78, 5) is 12.1. The number of hydrogen-bond donors (Lipinski definition) is 1. The monoisotopic (exact) mass is 303 g/mol. The second-order valence-corrected chi connectivity index (χ2v) is 6.24. The van der Waals surface area contributed by atoms with E-state index < -0.39 is 0 Å². The predicted octanol–water partition coefficient (Wildman–Crippen LogP) is 2.69. The van der Waals surface area contributed by atoms with Crippen LogP contribution in [0, 0.1) is 5.92 Å². The first-order chi connectivity index (χ1) is 10.7. The highest BCUT2D eigenvalue weighted by molar-refractivity contribution is 5.87. The zero-order chi connectivity index (χ0) is 15.7. The van der Waals surface area contributed by atoms with Crippen molar-refractivity contribution >= 4 is 5.78 Å². The third kappa shape index (κ3) is 2.39. The molecule has 2 aliphatic carbocycles. The minimum absolute atomic E-state index is 0.242. The highest BCUT2D eigenvalue weighted by Gasteiger charge is 2.50. The minimum atomic E-state index is -0.242. The zero-order valence-electron chi connectivity index (χ0n) is 13.6. The summed E-state index contributed by atoms with van der Waals surface area (Å²) in [6.45, 7) is 3.14. The number of hydrogen-bond acceptors (Lipinski definition) is 4. The molecule has 3 atom stereocenters. The molecule has 0 aromatic heterocycles. The van der Waals surface area contributed by atoms with E-state index in [1.807, 2.05) is 13.1 Å². The van der Waals surface area contributed by atoms with E-state index in [1.165, 1.54) is 17.5 Å². The van der Waals surface area contributed by atoms with Gasteiger partial charge in [0, 0.05) is 17.9 Å². The highest BCUT2D eigenvalue weighted by atomic mass is 16.5. The van der Waals surface area contributed by atoms with Gasteiger partial charge in [0.1, 0.15) is 0 Å². The Balaban J connectivity index is 0.000000325. The first kappa shape index (κ1) is 15.3. The number of benzene rings is 1. The average molecular weight is 303 g/mol. The van der Waals surface area contributed by atoms with Gasteiger partial charge in [-0.15, -0.1) is 0 Å². The van der Waals surface area contributed by atoms with Crippen LogP contribution in [0.5, 0.6) is 11.5 Å². The molecule has 1 aromatic carbocycles. The predicted molar refractivity (Wildman–Crippen MR) is 85.8 cm³/mol. The Hall–Kier alpha value is -1.55. The summed E-state index contributed by atoms with van der Waals surface area (Å²) in [5.41, 5.74) is 2.62. The van der Waals surface area contributed by atoms with Crippen LogP contribution in [0.15, 0.2) is 12.1 Å². The number of methoxy groups -OCH3 is 1. The van der Waals surface area contributed by atoms with Crippen LogP contribution in [0.2, 0.25) is 0 Å². The third-order valence-corrected chi connectivity index (χ3v) is 5.10. The molecule has 22 heavy (non-hydrogen) atoms. The van der Waals surface area contributed by atoms with Crippen molar-refractivity contribution in [3.63, 3.8) is 0 Å². The number of carbonyl (C=O) groups excluding carboxylic acids is 1. The second-order valence-electron chi connectivity index (χ2n) is 6.24. The van der Waals surface area contributed by atoms with Gasteiger partial charge in [0.05, 0.1) is 7.11 Å². The van der Waals surface area contributed by atoms with E-state index in [9.17, 15) is 4.79 Å². The zero-order valence-corrected chi connectivity index (χ0v) is 13.6. The van der Waals surface area contributed by atoms with Crippen molar-refractivity contribution in [2.24, 2.45) is 5.92 Å². The van der Waals surface area contributed by atoms with Crippen molar-refractivity contribution in [2.75, 3.05) is 20.7 Å². The first-order valence-electron chi connectivity index (χ1n) is 8.25. The van der Waals surface area contributed by atoms with Gasteiger partial charge in [0.15, 0.2) is 23.4 Å². The molecule has 1 saturated carbocycles. The smallest absolute Gasteiger partial charge is 0.173 e. The molecule has 0 saturated heterocycles. The lowest BCUT2D eigenvalue weighted by atomic mass is 9.67. The molecule has 1 fully saturated rings. The van der Waals surface area contributed by atoms with Crippen molar-refractivity contribution in [1.82, 2.24) is 5.32 Å². The van der Waals surface area contributed by atoms with E-state index in [0.29, 0.717) is 18.3 Å². The summed E-state index contributed by atoms with van der Waals surface area (Å²) in [6.07, 6.45) is 3.76. The van der Waals surface area contributed by atoms with E-state index >= 15 is 0 Å². The largest absolute Gasteiger partial charge is 0.493 e. The van der Waals surface area contributed by atoms with Crippen LogP contribution in [0.4, 0.5) is 0 Å². The van der Waals surface area contributed by atoms with Gasteiger partial charge < -0.3 is 14.8 Å². The topological polar surface area (TPSA) is 47.6 Å². The summed E-state index contributed by atoms with van der Waals surface area (Å²) in [7, 11) is 3.59. The van der Waals surface area contributed by atoms with E-state index in [2.05, 4.69) is 18.3 Å². The number of Topliss-reactive ketones (excluding diaryl/α,β-unsaturated/α-hetero) is 1. The number of nitrogens with one attached hydrogen (secondary N) is 1. The lowest BCUT2D eigenvalue weighted by Crippen LogP contribution is -2.39. The molecular weight excluding hydrogens is 278 g/mol. The molecule has 0 radical (unpaired) electrons. The van der Waals surface area contributed by atoms with E-state index in [4.69, 9.17) is 9.47 Å². The molecule has 0 amide bonds. The average Bonchev–Trinajstić information content (AvgIpc) is 2.97. The van der Waals surface area contributed by atoms with Gasteiger partial charge in [-0.1, -0.05) is 13.0 Å². The van der Waals surface area contributed by atoms with Gasteiger partial charge >= 0.3 is 0 Å². The summed E-state index contributed by atoms with van der Waals surface area (Å²) in [5.74, 6) is 2.79. The third-order valence-electron chi connectivity index (χ3n) is 5.10. The molecule has 1 aliphatic heterocycles. The van der Waals surface area contributed by atoms with Crippen LogP contribution in [-0.4, -0.2) is 32.6 Å². The fourth-order valence-electron chi connectivity index (χ4n) is 3.90. The van der Waals surface area contributed by atoms with Crippen molar-refractivity contribution in [2.45, 2.75) is 44.6 Å². The molecule has 0 spiro atoms. The summed E-state index contributed by atoms with van der Waals surface area (Å²) in [6, 6.07) is 4.11. The summed E-state index contributed by atoms with van der Waals surface area (Å²) >= 11 is 0. The molecule has 4 heteroatoms. The Kier molecular flexibility index (Phi) is 4.39. The molecule has 3 unspecified atom stereocenters. The van der Waals surface area contributed by atoms with E-state index in [1.54, 1.807) is 7.11 Å². The molecular formula is C18H25NO3. The molecule has 4 rings (SSSR count). The van der Waals surface area contributed by atoms with Gasteiger partial charge in [0.2, 0.25) is 0 Å². The van der Waals surface area contributed by atoms with Crippen LogP contribution in [0.1, 0.15) is 43.2 Å².